The van der Waals surface area contributed by atoms with Crippen molar-refractivity contribution >= 4 is 119 Å². The predicted molar refractivity (Wildman–Crippen MR) is 536 cm³/mol. The predicted octanol–water partition coefficient (Wildman–Crippen LogP) is 33.6. The van der Waals surface area contributed by atoms with E-state index in [0.29, 0.717) is 55.7 Å². The summed E-state index contributed by atoms with van der Waals surface area (Å²) in [7, 11) is 0. The molecule has 0 radical (unpaired) electrons. The Bertz CT molecular complexity index is 7060. The van der Waals surface area contributed by atoms with E-state index in [1.807, 2.05) is 24.3 Å². The zero-order valence-corrected chi connectivity index (χ0v) is 75.8. The van der Waals surface area contributed by atoms with Crippen molar-refractivity contribution in [2.24, 2.45) is 0 Å². The summed E-state index contributed by atoms with van der Waals surface area (Å²) in [5.41, 5.74) is 37.6. The van der Waals surface area contributed by atoms with E-state index in [0.717, 1.165) is 26.7 Å². The number of nitrogens with zero attached hydrogens (tertiary/aromatic N) is 2. The van der Waals surface area contributed by atoms with E-state index >= 15 is 0 Å². The third kappa shape index (κ3) is 15.2. The molecule has 21 rings (SSSR count). The molecule has 0 spiro atoms. The first kappa shape index (κ1) is 81.7. The van der Waals surface area contributed by atoms with Gasteiger partial charge >= 0.3 is 0 Å². The molecule has 0 saturated carbocycles. The Morgan fingerprint density at radius 1 is 0.232 bits per heavy atom. The molecule has 0 saturated heterocycles. The van der Waals surface area contributed by atoms with Crippen LogP contribution in [0.2, 0.25) is 0 Å². The van der Waals surface area contributed by atoms with E-state index < -0.39 is 0 Å². The molecule has 20 aromatic rings. The fourth-order valence-corrected chi connectivity index (χ4v) is 19.8. The minimum atomic E-state index is -0.0414. The number of aromatic nitrogens is 2. The normalized spacial score (nSPS) is 12.1. The lowest BCUT2D eigenvalue weighted by molar-refractivity contribution is 0.659. The molecular formula is C117H98Br2N2O4. The highest BCUT2D eigenvalue weighted by molar-refractivity contribution is 9.10. The number of benzene rings is 16. The molecule has 4 heterocycles. The second-order valence-corrected chi connectivity index (χ2v) is 37.3. The van der Waals surface area contributed by atoms with Gasteiger partial charge in [-0.25, -0.2) is 0 Å². The monoisotopic (exact) mass is 1750 g/mol. The second-order valence-electron chi connectivity index (χ2n) is 35.5. The molecule has 1 aliphatic rings. The highest BCUT2D eigenvalue weighted by Gasteiger charge is 2.31. The lowest BCUT2D eigenvalue weighted by Gasteiger charge is -2.18. The third-order valence-corrected chi connectivity index (χ3v) is 26.4. The van der Waals surface area contributed by atoms with Crippen LogP contribution in [0.25, 0.3) is 177 Å². The summed E-state index contributed by atoms with van der Waals surface area (Å²) in [6.45, 7) is 27.7. The van der Waals surface area contributed by atoms with Crippen LogP contribution in [0.15, 0.2) is 355 Å². The molecule has 0 N–H and O–H groups in total. The van der Waals surface area contributed by atoms with Crippen molar-refractivity contribution < 1.29 is 8.83 Å². The van der Waals surface area contributed by atoms with E-state index in [9.17, 15) is 9.59 Å². The van der Waals surface area contributed by atoms with Gasteiger partial charge in [0.25, 0.3) is 0 Å². The maximum atomic E-state index is 14.9. The molecule has 8 heteroatoms. The van der Waals surface area contributed by atoms with Crippen LogP contribution < -0.4 is 10.9 Å². The lowest BCUT2D eigenvalue weighted by Crippen LogP contribution is -2.06. The van der Waals surface area contributed by atoms with Gasteiger partial charge in [-0.05, 0) is 286 Å². The van der Waals surface area contributed by atoms with Gasteiger partial charge in [-0.15, -0.1) is 0 Å². The van der Waals surface area contributed by atoms with Crippen LogP contribution in [0, 0.1) is 0 Å². The first-order valence-electron chi connectivity index (χ1n) is 43.9. The van der Waals surface area contributed by atoms with Gasteiger partial charge in [0.15, 0.2) is 0 Å². The summed E-state index contributed by atoms with van der Waals surface area (Å²) in [5.74, 6) is 1.85. The summed E-state index contributed by atoms with van der Waals surface area (Å²) >= 11 is 6.73. The van der Waals surface area contributed by atoms with Crippen LogP contribution in [0.3, 0.4) is 0 Å². The average Bonchev–Trinajstić information content (AvgIpc) is 1.56. The van der Waals surface area contributed by atoms with Gasteiger partial charge < -0.3 is 18.0 Å². The number of fused-ring (bicyclic) bond motifs is 13. The molecule has 614 valence electrons. The lowest BCUT2D eigenvalue weighted by atomic mass is 9.88. The Labute approximate surface area is 747 Å². The van der Waals surface area contributed by atoms with Crippen LogP contribution in [0.4, 0.5) is 0 Å². The van der Waals surface area contributed by atoms with Gasteiger partial charge in [0, 0.05) is 54.0 Å². The number of hydrogen-bond acceptors (Lipinski definition) is 4. The number of halogens is 2. The van der Waals surface area contributed by atoms with Crippen LogP contribution in [0.1, 0.15) is 163 Å². The molecule has 0 unspecified atom stereocenters. The molecule has 1 aliphatic carbocycles. The summed E-state index contributed by atoms with van der Waals surface area (Å²) in [5, 5.41) is 7.13. The van der Waals surface area contributed by atoms with Crippen molar-refractivity contribution in [3.8, 4) is 89.3 Å². The smallest absolute Gasteiger partial charge is 0.200 e. The minimum absolute atomic E-state index is 0.00116. The Morgan fingerprint density at radius 2 is 0.456 bits per heavy atom. The van der Waals surface area contributed by atoms with E-state index in [1.165, 1.54) is 166 Å². The van der Waals surface area contributed by atoms with Gasteiger partial charge in [0.2, 0.25) is 10.9 Å². The first-order chi connectivity index (χ1) is 60.6. The van der Waals surface area contributed by atoms with Crippen LogP contribution in [-0.2, 0) is 6.42 Å². The van der Waals surface area contributed by atoms with Crippen LogP contribution >= 0.6 is 31.9 Å². The quantitative estimate of drug-likeness (QED) is 0.102. The van der Waals surface area contributed by atoms with Crippen LogP contribution in [0.5, 0.6) is 0 Å². The van der Waals surface area contributed by atoms with Gasteiger partial charge in [0.05, 0.1) is 43.6 Å². The maximum Gasteiger partial charge on any atom is 0.200 e. The van der Waals surface area contributed by atoms with Crippen molar-refractivity contribution in [1.29, 1.82) is 0 Å². The Kier molecular flexibility index (Phi) is 21.9. The zero-order chi connectivity index (χ0) is 86.3. The zero-order valence-electron chi connectivity index (χ0n) is 72.6. The molecule has 6 nitrogen and oxygen atoms in total. The Morgan fingerprint density at radius 3 is 0.704 bits per heavy atom. The fourth-order valence-electron chi connectivity index (χ4n) is 19.1. The van der Waals surface area contributed by atoms with Crippen molar-refractivity contribution in [1.82, 2.24) is 9.13 Å². The largest absolute Gasteiger partial charge is 0.456 e. The van der Waals surface area contributed by atoms with E-state index in [-0.39, 0.29) is 34.5 Å². The topological polar surface area (TPSA) is 70.3 Å². The Balaban J connectivity index is 0.000000172. The average molecular weight is 1760 g/mol. The minimum Gasteiger partial charge on any atom is -0.456 e. The SMILES string of the molecule is CC(C)c1cc(-c2ccccc2)cc2c1Cc1c-2cc(-c2ccccc2)cc1C(C)C.CC(C)c1cc(-c2ccccc2)cc2c3cc(-c4ccccc4)cc(C(C)C)c3n(-c3ccc4c(=O)c5ccc(-n6c7c(C(C)C)cc(-c8ccccc8)cc7c7cc(-c8ccccc8)cc(C(C)C)c76)cc5oc4c3)c12.O=c1c2ccc(Br)cc2oc2cc(Br)ccc12. The van der Waals surface area contributed by atoms with Crippen LogP contribution in [-0.4, -0.2) is 9.13 Å². The van der Waals surface area contributed by atoms with Gasteiger partial charge in [-0.3, -0.25) is 9.59 Å². The first-order valence-corrected chi connectivity index (χ1v) is 45.5. The van der Waals surface area contributed by atoms with Gasteiger partial charge in [0.1, 0.15) is 22.3 Å². The Hall–Kier alpha value is -13.0. The molecule has 16 aromatic carbocycles. The van der Waals surface area contributed by atoms with E-state index in [1.54, 1.807) is 24.3 Å². The molecule has 0 aliphatic heterocycles. The molecule has 0 bridgehead atoms. The standard InChI is InChI=1S/C73H62N2O2.C31H30.C13H6Br2O2/c1-43(2)59-33-51(47-21-13-9-14-22-47)37-63-64-38-52(48-23-15-10-16-24-48)34-60(44(3)4)70(64)74(69(59)63)55-29-31-57-67(41-55)77-68-42-56(30-32-58(68)73(57)76)75-71-61(45(5)6)35-53(49-25-17-11-18-26-49)39-65(71)66-40-54(50-27-19-12-20-28-50)36-62(46(7)8)72(66)75;1-20(2)26-15-24(22-11-7-5-8-12-22)17-28-29-18-25(23-13-9-6-10-14-23)16-27(21(3)4)31(29)19-30(26)28;14-7-1-3-9-11(5-7)17-12-6-8(15)2-4-10(12)13(9)16/h9-46H,1-8H3;5-18,20-21H,19H2,1-4H3;1-6H. The number of rotatable bonds is 14. The van der Waals surface area contributed by atoms with Crippen molar-refractivity contribution in [2.45, 2.75) is 125 Å². The molecule has 0 atom stereocenters. The fraction of sp³-hybridized carbons (Fsp3) is 0.162. The summed E-state index contributed by atoms with van der Waals surface area (Å²) in [6.07, 6.45) is 1.05. The number of hydrogen-bond donors (Lipinski definition) is 0. The molecule has 4 aromatic heterocycles. The molecule has 125 heavy (non-hydrogen) atoms. The molecular weight excluding hydrogens is 1660 g/mol. The third-order valence-electron chi connectivity index (χ3n) is 25.4. The maximum absolute atomic E-state index is 14.9. The summed E-state index contributed by atoms with van der Waals surface area (Å²) in [6, 6.07) is 117. The summed E-state index contributed by atoms with van der Waals surface area (Å²) < 4.78 is 19.6. The summed E-state index contributed by atoms with van der Waals surface area (Å²) in [4.78, 5) is 27.1. The highest BCUT2D eigenvalue weighted by atomic mass is 79.9. The van der Waals surface area contributed by atoms with Gasteiger partial charge in [-0.2, -0.15) is 0 Å². The van der Waals surface area contributed by atoms with Crippen molar-refractivity contribution in [2.75, 3.05) is 0 Å². The van der Waals surface area contributed by atoms with Gasteiger partial charge in [-0.1, -0.05) is 309 Å². The van der Waals surface area contributed by atoms with Crippen molar-refractivity contribution in [3.63, 3.8) is 0 Å². The van der Waals surface area contributed by atoms with Crippen molar-refractivity contribution in [3.05, 3.63) is 401 Å². The molecule has 0 amide bonds. The second kappa shape index (κ2) is 33.6. The highest BCUT2D eigenvalue weighted by Crippen LogP contribution is 2.51. The van der Waals surface area contributed by atoms with E-state index in [4.69, 9.17) is 8.83 Å². The molecule has 0 fully saturated rings. The van der Waals surface area contributed by atoms with E-state index in [2.05, 4.69) is 403 Å².